The number of aliphatic carboxylic acids is 1. The molecular weight excluding hydrogens is 424 g/mol. The van der Waals surface area contributed by atoms with Gasteiger partial charge in [-0.15, -0.1) is 0 Å². The molecule has 186 valence electrons. The van der Waals surface area contributed by atoms with Crippen molar-refractivity contribution >= 4 is 23.7 Å². The van der Waals surface area contributed by atoms with Crippen LogP contribution in [0.25, 0.3) is 0 Å². The minimum Gasteiger partial charge on any atom is -0.480 e. The molecular formula is C19H38N6O7. The van der Waals surface area contributed by atoms with E-state index >= 15 is 0 Å². The lowest BCUT2D eigenvalue weighted by atomic mass is 10.1. The van der Waals surface area contributed by atoms with Crippen molar-refractivity contribution in [3.8, 4) is 0 Å². The number of nitrogens with one attached hydrogen (secondary N) is 3. The summed E-state index contributed by atoms with van der Waals surface area (Å²) in [6, 6.07) is -2.70. The lowest BCUT2D eigenvalue weighted by Crippen LogP contribution is -2.51. The summed E-state index contributed by atoms with van der Waals surface area (Å²) in [5.74, 6) is -3.19. The Bertz CT molecular complexity index is 576. The number of nitrogens with zero attached hydrogens (tertiary/aromatic N) is 1. The van der Waals surface area contributed by atoms with Crippen molar-refractivity contribution in [3.63, 3.8) is 0 Å². The zero-order chi connectivity index (χ0) is 24.4. The zero-order valence-electron chi connectivity index (χ0n) is 18.9. The fourth-order valence-corrected chi connectivity index (χ4v) is 2.39. The number of hydrogen-bond donors (Lipinski definition) is 6. The van der Waals surface area contributed by atoms with Gasteiger partial charge in [0, 0.05) is 19.6 Å². The lowest BCUT2D eigenvalue weighted by Gasteiger charge is -2.18. The van der Waals surface area contributed by atoms with Crippen LogP contribution in [-0.4, -0.2) is 112 Å². The Morgan fingerprint density at radius 2 is 1.53 bits per heavy atom. The Morgan fingerprint density at radius 3 is 2.12 bits per heavy atom. The number of rotatable bonds is 19. The van der Waals surface area contributed by atoms with Gasteiger partial charge >= 0.3 is 5.97 Å². The number of hydrogen-bond acceptors (Lipinski definition) is 9. The van der Waals surface area contributed by atoms with E-state index in [9.17, 15) is 24.3 Å². The van der Waals surface area contributed by atoms with Crippen molar-refractivity contribution in [1.82, 2.24) is 20.9 Å². The van der Waals surface area contributed by atoms with Crippen molar-refractivity contribution in [1.29, 1.82) is 0 Å². The standard InChI is InChI=1S/C19H38N6O7/c1-25(2)7-3-5-22-17(27)13-15(19(29)30)24-18(28)14(21)12-16(26)23-6-9-32-11-10-31-8-4-20/h14-15H,3-13,20-21H2,1-2H3,(H,22,27)(H,23,26)(H,24,28)(H,29,30)/t14-,15-/m0/s1. The third kappa shape index (κ3) is 16.4. The van der Waals surface area contributed by atoms with E-state index in [1.54, 1.807) is 0 Å². The smallest absolute Gasteiger partial charge is 0.326 e. The molecule has 0 heterocycles. The van der Waals surface area contributed by atoms with E-state index < -0.39 is 42.2 Å². The van der Waals surface area contributed by atoms with Gasteiger partial charge in [-0.2, -0.15) is 0 Å². The van der Waals surface area contributed by atoms with Crippen LogP contribution in [0.3, 0.4) is 0 Å². The molecule has 0 aromatic carbocycles. The van der Waals surface area contributed by atoms with Crippen molar-refractivity contribution in [2.45, 2.75) is 31.3 Å². The summed E-state index contributed by atoms with van der Waals surface area (Å²) < 4.78 is 10.4. The Kier molecular flexibility index (Phi) is 16.9. The predicted molar refractivity (Wildman–Crippen MR) is 117 cm³/mol. The molecule has 0 fully saturated rings. The van der Waals surface area contributed by atoms with Crippen LogP contribution in [0.15, 0.2) is 0 Å². The first-order valence-electron chi connectivity index (χ1n) is 10.5. The topological polar surface area (TPSA) is 198 Å². The van der Waals surface area contributed by atoms with Gasteiger partial charge in [0.15, 0.2) is 0 Å². The van der Waals surface area contributed by atoms with Gasteiger partial charge in [-0.1, -0.05) is 0 Å². The second kappa shape index (κ2) is 18.3. The molecule has 13 nitrogen and oxygen atoms in total. The van der Waals surface area contributed by atoms with Crippen molar-refractivity contribution in [3.05, 3.63) is 0 Å². The molecule has 0 saturated heterocycles. The summed E-state index contributed by atoms with van der Waals surface area (Å²) in [7, 11) is 3.80. The van der Waals surface area contributed by atoms with Crippen LogP contribution in [-0.2, 0) is 28.7 Å². The van der Waals surface area contributed by atoms with Crippen molar-refractivity contribution < 1.29 is 33.8 Å². The molecule has 3 amide bonds. The summed E-state index contributed by atoms with van der Waals surface area (Å²) in [6.45, 7) is 3.27. The number of carbonyl (C=O) groups is 4. The van der Waals surface area contributed by atoms with Gasteiger partial charge in [-0.05, 0) is 27.1 Å². The lowest BCUT2D eigenvalue weighted by molar-refractivity contribution is -0.143. The maximum absolute atomic E-state index is 12.1. The van der Waals surface area contributed by atoms with E-state index in [-0.39, 0.29) is 19.6 Å². The van der Waals surface area contributed by atoms with E-state index in [4.69, 9.17) is 20.9 Å². The Balaban J connectivity index is 4.18. The van der Waals surface area contributed by atoms with Gasteiger partial charge in [0.2, 0.25) is 17.7 Å². The highest BCUT2D eigenvalue weighted by molar-refractivity contribution is 5.92. The molecule has 0 aliphatic rings. The highest BCUT2D eigenvalue weighted by atomic mass is 16.5. The minimum absolute atomic E-state index is 0.218. The van der Waals surface area contributed by atoms with Crippen LogP contribution in [0.4, 0.5) is 0 Å². The summed E-state index contributed by atoms with van der Waals surface area (Å²) in [5, 5.41) is 16.6. The van der Waals surface area contributed by atoms with Gasteiger partial charge in [-0.3, -0.25) is 14.4 Å². The first kappa shape index (κ1) is 29.7. The Labute approximate surface area is 188 Å². The zero-order valence-corrected chi connectivity index (χ0v) is 18.9. The van der Waals surface area contributed by atoms with Crippen molar-refractivity contribution in [2.24, 2.45) is 11.5 Å². The number of nitrogens with two attached hydrogens (primary N) is 2. The van der Waals surface area contributed by atoms with E-state index in [2.05, 4.69) is 16.0 Å². The number of carboxylic acids is 1. The molecule has 13 heteroatoms. The second-order valence-electron chi connectivity index (χ2n) is 7.28. The average Bonchev–Trinajstić information content (AvgIpc) is 2.72. The molecule has 0 aromatic heterocycles. The van der Waals surface area contributed by atoms with Crippen LogP contribution in [0.5, 0.6) is 0 Å². The molecule has 0 bridgehead atoms. The molecule has 0 aromatic rings. The maximum atomic E-state index is 12.1. The van der Waals surface area contributed by atoms with E-state index in [0.717, 1.165) is 6.54 Å². The first-order chi connectivity index (χ1) is 15.2. The second-order valence-corrected chi connectivity index (χ2v) is 7.28. The molecule has 0 radical (unpaired) electrons. The fourth-order valence-electron chi connectivity index (χ4n) is 2.39. The van der Waals surface area contributed by atoms with Gasteiger partial charge in [0.05, 0.1) is 45.3 Å². The largest absolute Gasteiger partial charge is 0.480 e. The van der Waals surface area contributed by atoms with E-state index in [1.165, 1.54) is 0 Å². The minimum atomic E-state index is -1.44. The van der Waals surface area contributed by atoms with Gasteiger partial charge in [0.25, 0.3) is 0 Å². The van der Waals surface area contributed by atoms with Crippen molar-refractivity contribution in [2.75, 3.05) is 66.7 Å². The van der Waals surface area contributed by atoms with Crippen LogP contribution < -0.4 is 27.4 Å². The molecule has 0 spiro atoms. The van der Waals surface area contributed by atoms with Gasteiger partial charge in [-0.25, -0.2) is 4.79 Å². The predicted octanol–water partition coefficient (Wildman–Crippen LogP) is -3.16. The summed E-state index contributed by atoms with van der Waals surface area (Å²) >= 11 is 0. The third-order valence-corrected chi connectivity index (χ3v) is 4.05. The molecule has 8 N–H and O–H groups in total. The molecule has 0 unspecified atom stereocenters. The summed E-state index contributed by atoms with van der Waals surface area (Å²) in [6.07, 6.45) is -0.0707. The van der Waals surface area contributed by atoms with Gasteiger partial charge < -0.3 is 46.9 Å². The Hall–Kier alpha value is -2.32. The number of amides is 3. The third-order valence-electron chi connectivity index (χ3n) is 4.05. The Morgan fingerprint density at radius 1 is 0.938 bits per heavy atom. The number of ether oxygens (including phenoxy) is 2. The van der Waals surface area contributed by atoms with E-state index in [1.807, 2.05) is 19.0 Å². The highest BCUT2D eigenvalue weighted by Crippen LogP contribution is 1.97. The van der Waals surface area contributed by atoms with Crippen LogP contribution >= 0.6 is 0 Å². The normalized spacial score (nSPS) is 12.8. The quantitative estimate of drug-likeness (QED) is 0.106. The van der Waals surface area contributed by atoms with E-state index in [0.29, 0.717) is 39.3 Å². The summed E-state index contributed by atoms with van der Waals surface area (Å²) in [5.41, 5.74) is 11.0. The molecule has 0 saturated carbocycles. The fraction of sp³-hybridized carbons (Fsp3) is 0.789. The van der Waals surface area contributed by atoms with Crippen LogP contribution in [0.2, 0.25) is 0 Å². The number of carboxylic acid groups (broad SMARTS) is 1. The summed E-state index contributed by atoms with van der Waals surface area (Å²) in [4.78, 5) is 49.3. The van der Waals surface area contributed by atoms with Crippen LogP contribution in [0, 0.1) is 0 Å². The highest BCUT2D eigenvalue weighted by Gasteiger charge is 2.26. The monoisotopic (exact) mass is 462 g/mol. The van der Waals surface area contributed by atoms with Crippen LogP contribution in [0.1, 0.15) is 19.3 Å². The van der Waals surface area contributed by atoms with Gasteiger partial charge in [0.1, 0.15) is 6.04 Å². The molecule has 0 aliphatic heterocycles. The molecule has 32 heavy (non-hydrogen) atoms. The molecule has 0 aliphatic carbocycles. The SMILES string of the molecule is CN(C)CCCNC(=O)C[C@H](NC(=O)[C@@H](N)CC(=O)NCCOCCOCCN)C(=O)O. The first-order valence-corrected chi connectivity index (χ1v) is 10.5. The molecule has 0 rings (SSSR count). The molecule has 2 atom stereocenters. The average molecular weight is 463 g/mol. The number of carbonyl (C=O) groups excluding carboxylic acids is 3. The maximum Gasteiger partial charge on any atom is 0.326 e.